The molecule has 0 saturated heterocycles. The van der Waals surface area contributed by atoms with Crippen LogP contribution in [-0.2, 0) is 4.74 Å². The highest BCUT2D eigenvalue weighted by molar-refractivity contribution is 5.28. The molecule has 0 aromatic heterocycles. The van der Waals surface area contributed by atoms with Crippen LogP contribution in [0.2, 0.25) is 0 Å². The standard InChI is InChI=1S/C25H29NO/c1-19(2)23(20-13-7-4-8-14-20)26-24(21-15-9-5-10-16-21)25(27-3)22-17-11-6-12-18-22/h4-19,23-26H,1-3H3/t23-,24+,25-/m0/s1. The zero-order valence-corrected chi connectivity index (χ0v) is 16.4. The Morgan fingerprint density at radius 1 is 0.593 bits per heavy atom. The van der Waals surface area contributed by atoms with Crippen molar-refractivity contribution in [3.63, 3.8) is 0 Å². The van der Waals surface area contributed by atoms with E-state index in [0.717, 1.165) is 0 Å². The molecule has 3 atom stereocenters. The maximum absolute atomic E-state index is 6.01. The predicted octanol–water partition coefficient (Wildman–Crippen LogP) is 6.10. The molecule has 0 radical (unpaired) electrons. The van der Waals surface area contributed by atoms with E-state index < -0.39 is 0 Å². The lowest BCUT2D eigenvalue weighted by atomic mass is 9.90. The minimum atomic E-state index is -0.0708. The molecule has 0 saturated carbocycles. The lowest BCUT2D eigenvalue weighted by molar-refractivity contribution is 0.0603. The van der Waals surface area contributed by atoms with E-state index in [4.69, 9.17) is 4.74 Å². The normalized spacial score (nSPS) is 14.7. The van der Waals surface area contributed by atoms with Crippen molar-refractivity contribution in [3.8, 4) is 0 Å². The van der Waals surface area contributed by atoms with Crippen LogP contribution < -0.4 is 5.32 Å². The van der Waals surface area contributed by atoms with Crippen molar-refractivity contribution in [2.75, 3.05) is 7.11 Å². The fourth-order valence-corrected chi connectivity index (χ4v) is 3.65. The van der Waals surface area contributed by atoms with Gasteiger partial charge in [-0.05, 0) is 22.6 Å². The van der Waals surface area contributed by atoms with E-state index in [1.54, 1.807) is 7.11 Å². The zero-order chi connectivity index (χ0) is 19.1. The average molecular weight is 360 g/mol. The van der Waals surface area contributed by atoms with E-state index in [2.05, 4.69) is 104 Å². The predicted molar refractivity (Wildman–Crippen MR) is 113 cm³/mol. The van der Waals surface area contributed by atoms with Gasteiger partial charge >= 0.3 is 0 Å². The Kier molecular flexibility index (Phi) is 6.80. The molecule has 0 heterocycles. The second kappa shape index (κ2) is 9.50. The number of methoxy groups -OCH3 is 1. The van der Waals surface area contributed by atoms with Gasteiger partial charge in [-0.3, -0.25) is 0 Å². The monoisotopic (exact) mass is 359 g/mol. The molecule has 0 spiro atoms. The molecular formula is C25H29NO. The first-order valence-corrected chi connectivity index (χ1v) is 9.64. The Labute approximate surface area is 163 Å². The highest BCUT2D eigenvalue weighted by Crippen LogP contribution is 2.35. The summed E-state index contributed by atoms with van der Waals surface area (Å²) in [5.74, 6) is 0.451. The molecular weight excluding hydrogens is 330 g/mol. The number of nitrogens with one attached hydrogen (secondary N) is 1. The van der Waals surface area contributed by atoms with Crippen LogP contribution in [0.15, 0.2) is 91.0 Å². The Hall–Kier alpha value is -2.42. The third-order valence-corrected chi connectivity index (χ3v) is 5.03. The van der Waals surface area contributed by atoms with Gasteiger partial charge in [0.2, 0.25) is 0 Å². The Balaban J connectivity index is 1.99. The van der Waals surface area contributed by atoms with Gasteiger partial charge < -0.3 is 10.1 Å². The fourth-order valence-electron chi connectivity index (χ4n) is 3.65. The van der Waals surface area contributed by atoms with Gasteiger partial charge in [-0.1, -0.05) is 105 Å². The summed E-state index contributed by atoms with van der Waals surface area (Å²) in [4.78, 5) is 0. The van der Waals surface area contributed by atoms with E-state index >= 15 is 0 Å². The van der Waals surface area contributed by atoms with Crippen molar-refractivity contribution in [1.82, 2.24) is 5.32 Å². The van der Waals surface area contributed by atoms with E-state index in [1.807, 2.05) is 6.07 Å². The molecule has 0 fully saturated rings. The largest absolute Gasteiger partial charge is 0.375 e. The van der Waals surface area contributed by atoms with Gasteiger partial charge in [0.25, 0.3) is 0 Å². The molecule has 2 heteroatoms. The maximum atomic E-state index is 6.01. The lowest BCUT2D eigenvalue weighted by Crippen LogP contribution is -2.34. The van der Waals surface area contributed by atoms with Gasteiger partial charge in [0.1, 0.15) is 6.10 Å². The molecule has 2 nitrogen and oxygen atoms in total. The smallest absolute Gasteiger partial charge is 0.102 e. The molecule has 0 amide bonds. The number of ether oxygens (including phenoxy) is 1. The minimum Gasteiger partial charge on any atom is -0.375 e. The van der Waals surface area contributed by atoms with Crippen molar-refractivity contribution in [2.45, 2.75) is 32.0 Å². The van der Waals surface area contributed by atoms with E-state index in [0.29, 0.717) is 5.92 Å². The van der Waals surface area contributed by atoms with Crippen LogP contribution in [-0.4, -0.2) is 7.11 Å². The second-order valence-electron chi connectivity index (χ2n) is 7.25. The van der Waals surface area contributed by atoms with Crippen LogP contribution in [0, 0.1) is 5.92 Å². The summed E-state index contributed by atoms with van der Waals surface area (Å²) in [5, 5.41) is 3.91. The van der Waals surface area contributed by atoms with Crippen molar-refractivity contribution < 1.29 is 4.74 Å². The van der Waals surface area contributed by atoms with E-state index in [9.17, 15) is 0 Å². The summed E-state index contributed by atoms with van der Waals surface area (Å²) in [6.45, 7) is 4.52. The summed E-state index contributed by atoms with van der Waals surface area (Å²) in [7, 11) is 1.79. The van der Waals surface area contributed by atoms with E-state index in [1.165, 1.54) is 16.7 Å². The third kappa shape index (κ3) is 4.85. The molecule has 0 bridgehead atoms. The summed E-state index contributed by atoms with van der Waals surface area (Å²) in [6.07, 6.45) is -0.0708. The average Bonchev–Trinajstić information content (AvgIpc) is 2.73. The molecule has 0 aliphatic carbocycles. The Morgan fingerprint density at radius 2 is 1.00 bits per heavy atom. The zero-order valence-electron chi connectivity index (χ0n) is 16.4. The molecule has 0 unspecified atom stereocenters. The first kappa shape index (κ1) is 19.3. The first-order valence-electron chi connectivity index (χ1n) is 9.64. The molecule has 1 N–H and O–H groups in total. The van der Waals surface area contributed by atoms with Crippen LogP contribution in [0.1, 0.15) is 48.7 Å². The van der Waals surface area contributed by atoms with Crippen LogP contribution in [0.5, 0.6) is 0 Å². The highest BCUT2D eigenvalue weighted by atomic mass is 16.5. The number of rotatable bonds is 8. The van der Waals surface area contributed by atoms with Gasteiger partial charge in [0, 0.05) is 13.2 Å². The topological polar surface area (TPSA) is 21.3 Å². The van der Waals surface area contributed by atoms with Gasteiger partial charge in [-0.15, -0.1) is 0 Å². The summed E-state index contributed by atoms with van der Waals surface area (Å²) in [6, 6.07) is 32.0. The van der Waals surface area contributed by atoms with Crippen LogP contribution in [0.25, 0.3) is 0 Å². The quantitative estimate of drug-likeness (QED) is 0.524. The molecule has 3 aromatic rings. The van der Waals surface area contributed by atoms with Crippen molar-refractivity contribution in [2.24, 2.45) is 5.92 Å². The fraction of sp³-hybridized carbons (Fsp3) is 0.280. The summed E-state index contributed by atoms with van der Waals surface area (Å²) < 4.78 is 6.01. The molecule has 3 rings (SSSR count). The van der Waals surface area contributed by atoms with Crippen molar-refractivity contribution in [3.05, 3.63) is 108 Å². The molecule has 3 aromatic carbocycles. The molecule has 0 aliphatic heterocycles. The number of benzene rings is 3. The third-order valence-electron chi connectivity index (χ3n) is 5.03. The summed E-state index contributed by atoms with van der Waals surface area (Å²) >= 11 is 0. The van der Waals surface area contributed by atoms with Gasteiger partial charge in [-0.2, -0.15) is 0 Å². The highest BCUT2D eigenvalue weighted by Gasteiger charge is 2.28. The lowest BCUT2D eigenvalue weighted by Gasteiger charge is -2.34. The molecule has 0 aliphatic rings. The molecule has 27 heavy (non-hydrogen) atoms. The maximum Gasteiger partial charge on any atom is 0.102 e. The molecule has 140 valence electrons. The van der Waals surface area contributed by atoms with Gasteiger partial charge in [-0.25, -0.2) is 0 Å². The van der Waals surface area contributed by atoms with Gasteiger partial charge in [0.05, 0.1) is 6.04 Å². The first-order chi connectivity index (χ1) is 13.2. The number of hydrogen-bond donors (Lipinski definition) is 1. The van der Waals surface area contributed by atoms with Gasteiger partial charge in [0.15, 0.2) is 0 Å². The minimum absolute atomic E-state index is 0.0474. The van der Waals surface area contributed by atoms with Crippen LogP contribution in [0.4, 0.5) is 0 Å². The van der Waals surface area contributed by atoms with Crippen LogP contribution in [0.3, 0.4) is 0 Å². The van der Waals surface area contributed by atoms with Crippen molar-refractivity contribution >= 4 is 0 Å². The summed E-state index contributed by atoms with van der Waals surface area (Å²) in [5.41, 5.74) is 3.71. The van der Waals surface area contributed by atoms with Crippen molar-refractivity contribution in [1.29, 1.82) is 0 Å². The number of hydrogen-bond acceptors (Lipinski definition) is 2. The SMILES string of the molecule is CO[C@@H](c1ccccc1)[C@H](N[C@H](c1ccccc1)C(C)C)c1ccccc1. The Morgan fingerprint density at radius 3 is 1.41 bits per heavy atom. The van der Waals surface area contributed by atoms with Crippen LogP contribution >= 0.6 is 0 Å². The second-order valence-corrected chi connectivity index (χ2v) is 7.25. The Bertz CT molecular complexity index is 786. The van der Waals surface area contributed by atoms with E-state index in [-0.39, 0.29) is 18.2 Å².